The lowest BCUT2D eigenvalue weighted by Crippen LogP contribution is -2.15. The zero-order chi connectivity index (χ0) is 14.4. The molecule has 0 saturated heterocycles. The van der Waals surface area contributed by atoms with Crippen molar-refractivity contribution in [3.63, 3.8) is 0 Å². The van der Waals surface area contributed by atoms with Gasteiger partial charge in [-0.25, -0.2) is 9.78 Å². The molecule has 0 radical (unpaired) electrons. The van der Waals surface area contributed by atoms with E-state index in [1.54, 1.807) is 11.3 Å². The molecule has 0 saturated carbocycles. The highest BCUT2D eigenvalue weighted by atomic mass is 32.2. The van der Waals surface area contributed by atoms with Gasteiger partial charge in [0.2, 0.25) is 5.91 Å². The molecule has 0 spiro atoms. The third kappa shape index (κ3) is 4.36. The maximum atomic E-state index is 11.7. The van der Waals surface area contributed by atoms with E-state index in [4.69, 9.17) is 5.11 Å². The number of thiophene rings is 1. The number of anilines is 1. The van der Waals surface area contributed by atoms with E-state index in [1.165, 1.54) is 35.0 Å². The maximum absolute atomic E-state index is 11.7. The Morgan fingerprint density at radius 3 is 2.80 bits per heavy atom. The Kier molecular flexibility index (Phi) is 5.14. The number of carboxylic acid groups (broad SMARTS) is 1. The van der Waals surface area contributed by atoms with Crippen molar-refractivity contribution in [2.24, 2.45) is 0 Å². The summed E-state index contributed by atoms with van der Waals surface area (Å²) < 4.78 is 0. The molecule has 104 valence electrons. The van der Waals surface area contributed by atoms with Crippen molar-refractivity contribution in [1.29, 1.82) is 0 Å². The molecule has 0 fully saturated rings. The van der Waals surface area contributed by atoms with Gasteiger partial charge in [-0.3, -0.25) is 4.79 Å². The predicted molar refractivity (Wildman–Crippen MR) is 80.3 cm³/mol. The minimum absolute atomic E-state index is 0.0927. The molecule has 0 aromatic carbocycles. The number of amides is 1. The van der Waals surface area contributed by atoms with Gasteiger partial charge in [0.05, 0.1) is 11.3 Å². The first-order valence-electron chi connectivity index (χ1n) is 5.74. The number of aromatic carboxylic acids is 1. The molecule has 0 aliphatic rings. The van der Waals surface area contributed by atoms with Gasteiger partial charge < -0.3 is 10.4 Å². The minimum Gasteiger partial charge on any atom is -0.478 e. The highest BCUT2D eigenvalue weighted by Gasteiger charge is 2.06. The first kappa shape index (κ1) is 14.5. The third-order valence-electron chi connectivity index (χ3n) is 2.34. The van der Waals surface area contributed by atoms with E-state index in [0.29, 0.717) is 11.6 Å². The highest BCUT2D eigenvalue weighted by molar-refractivity contribution is 7.99. The number of nitrogens with zero attached hydrogens (tertiary/aromatic N) is 1. The summed E-state index contributed by atoms with van der Waals surface area (Å²) in [6.07, 6.45) is 1.22. The van der Waals surface area contributed by atoms with E-state index in [2.05, 4.69) is 10.3 Å². The lowest BCUT2D eigenvalue weighted by atomic mass is 10.3. The van der Waals surface area contributed by atoms with Crippen LogP contribution in [0.3, 0.4) is 0 Å². The number of carbonyl (C=O) groups excluding carboxylic acids is 1. The maximum Gasteiger partial charge on any atom is 0.337 e. The van der Waals surface area contributed by atoms with Crippen LogP contribution in [0.25, 0.3) is 0 Å². The average Bonchev–Trinajstić information content (AvgIpc) is 2.92. The Morgan fingerprint density at radius 2 is 2.20 bits per heavy atom. The van der Waals surface area contributed by atoms with E-state index in [0.717, 1.165) is 5.75 Å². The van der Waals surface area contributed by atoms with Crippen LogP contribution >= 0.6 is 23.1 Å². The van der Waals surface area contributed by atoms with Crippen LogP contribution in [0.1, 0.15) is 15.2 Å². The molecule has 0 aliphatic carbocycles. The van der Waals surface area contributed by atoms with Crippen LogP contribution in [0.2, 0.25) is 0 Å². The number of hydrogen-bond acceptors (Lipinski definition) is 5. The van der Waals surface area contributed by atoms with E-state index in [1.807, 2.05) is 17.5 Å². The topological polar surface area (TPSA) is 79.3 Å². The van der Waals surface area contributed by atoms with Crippen molar-refractivity contribution in [3.05, 3.63) is 46.3 Å². The summed E-state index contributed by atoms with van der Waals surface area (Å²) in [7, 11) is 0. The summed E-state index contributed by atoms with van der Waals surface area (Å²) in [5.41, 5.74) is 0.0927. The van der Waals surface area contributed by atoms with Gasteiger partial charge in [0.15, 0.2) is 0 Å². The quantitative estimate of drug-likeness (QED) is 0.857. The van der Waals surface area contributed by atoms with Crippen LogP contribution in [-0.4, -0.2) is 27.7 Å². The summed E-state index contributed by atoms with van der Waals surface area (Å²) in [6.45, 7) is 0. The van der Waals surface area contributed by atoms with Crippen molar-refractivity contribution in [2.45, 2.75) is 5.75 Å². The fourth-order valence-electron chi connectivity index (χ4n) is 1.41. The van der Waals surface area contributed by atoms with Crippen molar-refractivity contribution in [1.82, 2.24) is 4.98 Å². The highest BCUT2D eigenvalue weighted by Crippen LogP contribution is 2.17. The van der Waals surface area contributed by atoms with E-state index < -0.39 is 5.97 Å². The Labute approximate surface area is 124 Å². The summed E-state index contributed by atoms with van der Waals surface area (Å²) in [6, 6.07) is 6.89. The molecule has 7 heteroatoms. The number of aromatic nitrogens is 1. The molecular formula is C13H12N2O3S2. The van der Waals surface area contributed by atoms with Crippen LogP contribution in [-0.2, 0) is 10.5 Å². The van der Waals surface area contributed by atoms with Gasteiger partial charge in [0, 0.05) is 16.8 Å². The zero-order valence-electron chi connectivity index (χ0n) is 10.4. The number of carboxylic acids is 1. The van der Waals surface area contributed by atoms with Crippen molar-refractivity contribution in [3.8, 4) is 0 Å². The molecule has 20 heavy (non-hydrogen) atoms. The average molecular weight is 308 g/mol. The predicted octanol–water partition coefficient (Wildman–Crippen LogP) is 2.71. The number of hydrogen-bond donors (Lipinski definition) is 2. The first-order valence-corrected chi connectivity index (χ1v) is 7.78. The smallest absolute Gasteiger partial charge is 0.337 e. The minimum atomic E-state index is -1.04. The summed E-state index contributed by atoms with van der Waals surface area (Å²) in [5.74, 6) is 0.303. The van der Waals surface area contributed by atoms with Crippen molar-refractivity contribution < 1.29 is 14.7 Å². The van der Waals surface area contributed by atoms with E-state index in [9.17, 15) is 9.59 Å². The number of nitrogens with one attached hydrogen (secondary N) is 1. The molecule has 0 unspecified atom stereocenters. The molecule has 0 atom stereocenters. The molecule has 2 rings (SSSR count). The zero-order valence-corrected chi connectivity index (χ0v) is 12.0. The van der Waals surface area contributed by atoms with Gasteiger partial charge in [-0.15, -0.1) is 23.1 Å². The van der Waals surface area contributed by atoms with Gasteiger partial charge in [0.25, 0.3) is 0 Å². The van der Waals surface area contributed by atoms with Crippen molar-refractivity contribution in [2.75, 3.05) is 11.1 Å². The van der Waals surface area contributed by atoms with Gasteiger partial charge in [-0.05, 0) is 23.6 Å². The third-order valence-corrected chi connectivity index (χ3v) is 4.38. The van der Waals surface area contributed by atoms with Crippen LogP contribution in [0.15, 0.2) is 35.8 Å². The Morgan fingerprint density at radius 1 is 1.35 bits per heavy atom. The van der Waals surface area contributed by atoms with Crippen LogP contribution < -0.4 is 5.32 Å². The van der Waals surface area contributed by atoms with E-state index in [-0.39, 0.29) is 11.5 Å². The summed E-state index contributed by atoms with van der Waals surface area (Å²) >= 11 is 3.19. The Balaban J connectivity index is 1.77. The van der Waals surface area contributed by atoms with Gasteiger partial charge >= 0.3 is 5.97 Å². The fraction of sp³-hybridized carbons (Fsp3) is 0.154. The summed E-state index contributed by atoms with van der Waals surface area (Å²) in [4.78, 5) is 27.4. The second-order valence-corrected chi connectivity index (χ2v) is 5.88. The molecule has 2 heterocycles. The lowest BCUT2D eigenvalue weighted by Gasteiger charge is -2.04. The largest absolute Gasteiger partial charge is 0.478 e. The van der Waals surface area contributed by atoms with Crippen LogP contribution in [0.5, 0.6) is 0 Å². The normalized spacial score (nSPS) is 10.2. The Hall–Kier alpha value is -1.86. The fourth-order valence-corrected chi connectivity index (χ4v) is 3.08. The standard InChI is InChI=1S/C13H12N2O3S2/c16-12(8-19-7-10-2-1-5-20-10)15-11-4-3-9(6-14-11)13(17)18/h1-6H,7-8H2,(H,17,18)(H,14,15,16). The van der Waals surface area contributed by atoms with Gasteiger partial charge in [-0.1, -0.05) is 6.07 Å². The Bertz CT molecular complexity index is 582. The first-order chi connectivity index (χ1) is 9.65. The molecule has 2 aromatic heterocycles. The number of thioether (sulfide) groups is 1. The monoisotopic (exact) mass is 308 g/mol. The molecular weight excluding hydrogens is 296 g/mol. The molecule has 1 amide bonds. The second-order valence-electron chi connectivity index (χ2n) is 3.86. The van der Waals surface area contributed by atoms with Gasteiger partial charge in [-0.2, -0.15) is 0 Å². The van der Waals surface area contributed by atoms with E-state index >= 15 is 0 Å². The molecule has 2 N–H and O–H groups in total. The molecule has 0 bridgehead atoms. The molecule has 2 aromatic rings. The lowest BCUT2D eigenvalue weighted by molar-refractivity contribution is -0.113. The molecule has 0 aliphatic heterocycles. The number of carbonyl (C=O) groups is 2. The SMILES string of the molecule is O=C(CSCc1cccs1)Nc1ccc(C(=O)O)cn1. The van der Waals surface area contributed by atoms with Crippen molar-refractivity contribution >= 4 is 40.8 Å². The second kappa shape index (κ2) is 7.06. The summed E-state index contributed by atoms with van der Waals surface area (Å²) in [5, 5.41) is 13.4. The van der Waals surface area contributed by atoms with Crippen LogP contribution in [0, 0.1) is 0 Å². The number of rotatable bonds is 6. The molecule has 5 nitrogen and oxygen atoms in total. The van der Waals surface area contributed by atoms with Gasteiger partial charge in [0.1, 0.15) is 5.82 Å². The van der Waals surface area contributed by atoms with Crippen LogP contribution in [0.4, 0.5) is 5.82 Å². The number of pyridine rings is 1.